The minimum absolute atomic E-state index is 0.0853. The number of hydrogen-bond donors (Lipinski definition) is 1. The van der Waals surface area contributed by atoms with E-state index in [0.717, 1.165) is 16.9 Å². The van der Waals surface area contributed by atoms with E-state index in [2.05, 4.69) is 19.2 Å². The molecular weight excluding hydrogens is 354 g/mol. The van der Waals surface area contributed by atoms with Crippen molar-refractivity contribution in [1.82, 2.24) is 5.32 Å². The van der Waals surface area contributed by atoms with E-state index in [0.29, 0.717) is 18.1 Å². The second-order valence-corrected chi connectivity index (χ2v) is 6.68. The Morgan fingerprint density at radius 3 is 2.32 bits per heavy atom. The van der Waals surface area contributed by atoms with Crippen molar-refractivity contribution in [1.29, 1.82) is 0 Å². The molecule has 0 saturated heterocycles. The predicted molar refractivity (Wildman–Crippen MR) is 112 cm³/mol. The lowest BCUT2D eigenvalue weighted by atomic mass is 9.96. The van der Waals surface area contributed by atoms with Crippen molar-refractivity contribution in [3.63, 3.8) is 0 Å². The third kappa shape index (κ3) is 5.78. The highest BCUT2D eigenvalue weighted by molar-refractivity contribution is 5.92. The van der Waals surface area contributed by atoms with Gasteiger partial charge in [-0.05, 0) is 54.3 Å². The van der Waals surface area contributed by atoms with E-state index in [4.69, 9.17) is 14.2 Å². The lowest BCUT2D eigenvalue weighted by Crippen LogP contribution is -2.30. The molecule has 1 atom stereocenters. The van der Waals surface area contributed by atoms with Gasteiger partial charge in [0.2, 0.25) is 5.91 Å². The Labute approximate surface area is 167 Å². The summed E-state index contributed by atoms with van der Waals surface area (Å²) < 4.78 is 16.1. The van der Waals surface area contributed by atoms with Crippen LogP contribution in [0.4, 0.5) is 0 Å². The summed E-state index contributed by atoms with van der Waals surface area (Å²) in [5.41, 5.74) is 1.91. The van der Waals surface area contributed by atoms with Gasteiger partial charge in [0.15, 0.2) is 11.5 Å². The molecule has 2 aromatic rings. The van der Waals surface area contributed by atoms with E-state index >= 15 is 0 Å². The van der Waals surface area contributed by atoms with Crippen molar-refractivity contribution in [2.75, 3.05) is 20.8 Å². The quantitative estimate of drug-likeness (QED) is 0.642. The van der Waals surface area contributed by atoms with E-state index in [9.17, 15) is 4.79 Å². The Hall–Kier alpha value is -2.95. The number of carbonyl (C=O) groups excluding carboxylic acids is 1. The number of benzene rings is 2. The Morgan fingerprint density at radius 1 is 1.04 bits per heavy atom. The molecule has 5 heteroatoms. The van der Waals surface area contributed by atoms with Crippen molar-refractivity contribution in [2.24, 2.45) is 5.92 Å². The summed E-state index contributed by atoms with van der Waals surface area (Å²) >= 11 is 0. The fourth-order valence-electron chi connectivity index (χ4n) is 2.88. The highest BCUT2D eigenvalue weighted by atomic mass is 16.5. The highest BCUT2D eigenvalue weighted by Crippen LogP contribution is 2.28. The fraction of sp³-hybridized carbons (Fsp3) is 0.348. The monoisotopic (exact) mass is 383 g/mol. The van der Waals surface area contributed by atoms with Crippen LogP contribution >= 0.6 is 0 Å². The van der Waals surface area contributed by atoms with E-state index in [1.165, 1.54) is 6.08 Å². The van der Waals surface area contributed by atoms with Gasteiger partial charge in [-0.2, -0.15) is 0 Å². The Balaban J connectivity index is 2.10. The van der Waals surface area contributed by atoms with Crippen LogP contribution in [-0.2, 0) is 4.79 Å². The molecule has 0 saturated carbocycles. The van der Waals surface area contributed by atoms with Gasteiger partial charge in [-0.3, -0.25) is 4.79 Å². The van der Waals surface area contributed by atoms with E-state index in [-0.39, 0.29) is 17.9 Å². The molecule has 2 rings (SSSR count). The molecule has 0 aromatic heterocycles. The number of nitrogens with one attached hydrogen (secondary N) is 1. The Morgan fingerprint density at radius 2 is 1.75 bits per heavy atom. The Bertz CT molecular complexity index is 797. The molecule has 1 unspecified atom stereocenters. The topological polar surface area (TPSA) is 56.8 Å². The van der Waals surface area contributed by atoms with E-state index in [1.807, 2.05) is 49.4 Å². The van der Waals surface area contributed by atoms with E-state index in [1.54, 1.807) is 20.3 Å². The van der Waals surface area contributed by atoms with Crippen molar-refractivity contribution in [3.8, 4) is 17.2 Å². The zero-order valence-electron chi connectivity index (χ0n) is 17.2. The van der Waals surface area contributed by atoms with Crippen LogP contribution in [0.1, 0.15) is 37.9 Å². The number of carbonyl (C=O) groups is 1. The largest absolute Gasteiger partial charge is 0.497 e. The van der Waals surface area contributed by atoms with Crippen molar-refractivity contribution < 1.29 is 19.0 Å². The lowest BCUT2D eigenvalue weighted by Gasteiger charge is -2.22. The van der Waals surface area contributed by atoms with Gasteiger partial charge in [-0.25, -0.2) is 0 Å². The Kier molecular flexibility index (Phi) is 7.93. The van der Waals surface area contributed by atoms with Crippen LogP contribution in [0.3, 0.4) is 0 Å². The molecule has 0 radical (unpaired) electrons. The number of methoxy groups -OCH3 is 2. The van der Waals surface area contributed by atoms with Crippen LogP contribution in [-0.4, -0.2) is 26.7 Å². The SMILES string of the molecule is CCOc1cc(/C=C/C(=O)NC(c2ccc(OC)cc2)C(C)C)ccc1OC. The molecular formula is C23H29NO4. The molecule has 1 amide bonds. The molecule has 0 spiro atoms. The van der Waals surface area contributed by atoms with Gasteiger partial charge in [-0.15, -0.1) is 0 Å². The standard InChI is InChI=1S/C23H29NO4/c1-6-28-21-15-17(7-13-20(21)27-5)8-14-22(25)24-23(16(2)3)18-9-11-19(26-4)12-10-18/h7-16,23H,6H2,1-5H3,(H,24,25)/b14-8+. The van der Waals surface area contributed by atoms with Crippen molar-refractivity contribution >= 4 is 12.0 Å². The van der Waals surface area contributed by atoms with Gasteiger partial charge in [-0.1, -0.05) is 32.0 Å². The maximum absolute atomic E-state index is 12.5. The third-order valence-corrected chi connectivity index (χ3v) is 4.35. The molecule has 28 heavy (non-hydrogen) atoms. The maximum Gasteiger partial charge on any atom is 0.244 e. The fourth-order valence-corrected chi connectivity index (χ4v) is 2.88. The first kappa shape index (κ1) is 21.4. The summed E-state index contributed by atoms with van der Waals surface area (Å²) in [6.45, 7) is 6.62. The highest BCUT2D eigenvalue weighted by Gasteiger charge is 2.17. The third-order valence-electron chi connectivity index (χ3n) is 4.35. The molecule has 0 aliphatic rings. The number of hydrogen-bond acceptors (Lipinski definition) is 4. The van der Waals surface area contributed by atoms with Gasteiger partial charge in [0, 0.05) is 6.08 Å². The minimum Gasteiger partial charge on any atom is -0.497 e. The molecule has 2 aromatic carbocycles. The average Bonchev–Trinajstić information content (AvgIpc) is 2.71. The van der Waals surface area contributed by atoms with Crippen molar-refractivity contribution in [2.45, 2.75) is 26.8 Å². The van der Waals surface area contributed by atoms with Crippen LogP contribution in [0, 0.1) is 5.92 Å². The zero-order valence-corrected chi connectivity index (χ0v) is 17.2. The second kappa shape index (κ2) is 10.4. The normalized spacial score (nSPS) is 12.1. The molecule has 5 nitrogen and oxygen atoms in total. The number of ether oxygens (including phenoxy) is 3. The van der Waals surface area contributed by atoms with Gasteiger partial charge in [0.1, 0.15) is 5.75 Å². The number of amides is 1. The predicted octanol–water partition coefficient (Wildman–Crippen LogP) is 4.63. The van der Waals surface area contributed by atoms with Crippen LogP contribution in [0.15, 0.2) is 48.5 Å². The number of rotatable bonds is 9. The van der Waals surface area contributed by atoms with Crippen LogP contribution < -0.4 is 19.5 Å². The maximum atomic E-state index is 12.5. The first-order chi connectivity index (χ1) is 13.5. The molecule has 0 fully saturated rings. The molecule has 0 heterocycles. The second-order valence-electron chi connectivity index (χ2n) is 6.68. The average molecular weight is 383 g/mol. The van der Waals surface area contributed by atoms with Gasteiger partial charge in [0.05, 0.1) is 26.9 Å². The summed E-state index contributed by atoms with van der Waals surface area (Å²) in [6.07, 6.45) is 3.30. The van der Waals surface area contributed by atoms with Gasteiger partial charge in [0.25, 0.3) is 0 Å². The van der Waals surface area contributed by atoms with E-state index < -0.39 is 0 Å². The summed E-state index contributed by atoms with van der Waals surface area (Å²) in [5.74, 6) is 2.22. The van der Waals surface area contributed by atoms with Crippen LogP contribution in [0.5, 0.6) is 17.2 Å². The van der Waals surface area contributed by atoms with Crippen molar-refractivity contribution in [3.05, 3.63) is 59.7 Å². The molecule has 0 aliphatic heterocycles. The summed E-state index contributed by atoms with van der Waals surface area (Å²) in [4.78, 5) is 12.5. The van der Waals surface area contributed by atoms with Crippen LogP contribution in [0.25, 0.3) is 6.08 Å². The first-order valence-electron chi connectivity index (χ1n) is 9.41. The molecule has 0 aliphatic carbocycles. The molecule has 150 valence electrons. The van der Waals surface area contributed by atoms with Gasteiger partial charge < -0.3 is 19.5 Å². The summed E-state index contributed by atoms with van der Waals surface area (Å²) in [6, 6.07) is 13.2. The zero-order chi connectivity index (χ0) is 20.5. The molecule has 1 N–H and O–H groups in total. The van der Waals surface area contributed by atoms with Gasteiger partial charge >= 0.3 is 0 Å². The summed E-state index contributed by atoms with van der Waals surface area (Å²) in [7, 11) is 3.24. The minimum atomic E-state index is -0.150. The molecule has 0 bridgehead atoms. The smallest absolute Gasteiger partial charge is 0.244 e. The summed E-state index contributed by atoms with van der Waals surface area (Å²) in [5, 5.41) is 3.08. The van der Waals surface area contributed by atoms with Crippen LogP contribution in [0.2, 0.25) is 0 Å². The first-order valence-corrected chi connectivity index (χ1v) is 9.41. The lowest BCUT2D eigenvalue weighted by molar-refractivity contribution is -0.117.